The summed E-state index contributed by atoms with van der Waals surface area (Å²) in [6, 6.07) is 11.8. The molecule has 82 valence electrons. The highest BCUT2D eigenvalue weighted by molar-refractivity contribution is 5.88. The first-order chi connectivity index (χ1) is 8.43. The van der Waals surface area contributed by atoms with Crippen molar-refractivity contribution < 1.29 is 0 Å². The van der Waals surface area contributed by atoms with E-state index in [0.29, 0.717) is 5.82 Å². The zero-order valence-corrected chi connectivity index (χ0v) is 9.04. The van der Waals surface area contributed by atoms with Crippen LogP contribution in [0.1, 0.15) is 5.56 Å². The summed E-state index contributed by atoms with van der Waals surface area (Å²) in [7, 11) is 0. The molecule has 0 radical (unpaired) electrons. The smallest absolute Gasteiger partial charge is 0.179 e. The number of fused-ring (bicyclic) bond motifs is 1. The van der Waals surface area contributed by atoms with Gasteiger partial charge in [0.2, 0.25) is 0 Å². The number of nitrogens with one attached hydrogen (secondary N) is 1. The zero-order chi connectivity index (χ0) is 11.5. The number of aromatic amines is 1. The summed E-state index contributed by atoms with van der Waals surface area (Å²) in [5.74, 6) is 0.656. The number of rotatable bonds is 2. The molecule has 0 aliphatic carbocycles. The Hall–Kier alpha value is -2.49. The van der Waals surface area contributed by atoms with E-state index in [-0.39, 0.29) is 0 Å². The second kappa shape index (κ2) is 4.17. The van der Waals surface area contributed by atoms with Gasteiger partial charge < -0.3 is 4.98 Å². The van der Waals surface area contributed by atoms with Gasteiger partial charge >= 0.3 is 0 Å². The fourth-order valence-corrected chi connectivity index (χ4v) is 1.63. The fraction of sp³-hybridized carbons (Fsp3) is 0. The Morgan fingerprint density at radius 3 is 2.82 bits per heavy atom. The van der Waals surface area contributed by atoms with E-state index in [9.17, 15) is 0 Å². The molecule has 1 aromatic carbocycles. The number of benzene rings is 1. The van der Waals surface area contributed by atoms with Crippen LogP contribution < -0.4 is 0 Å². The number of H-pyrrole nitrogens is 1. The highest BCUT2D eigenvalue weighted by Crippen LogP contribution is 2.19. The fourth-order valence-electron chi connectivity index (χ4n) is 1.63. The van der Waals surface area contributed by atoms with Crippen LogP contribution in [0.2, 0.25) is 0 Å². The number of hydrogen-bond donors (Lipinski definition) is 1. The molecule has 17 heavy (non-hydrogen) atoms. The molecule has 2 aromatic heterocycles. The first-order valence-electron chi connectivity index (χ1n) is 5.31. The molecule has 3 rings (SSSR count). The maximum absolute atomic E-state index is 4.37. The SMILES string of the molecule is C(=Nc1ncnc2cc[nH]c12)c1ccccc1. The molecule has 0 spiro atoms. The molecule has 0 aliphatic rings. The van der Waals surface area contributed by atoms with Gasteiger partial charge in [-0.3, -0.25) is 0 Å². The summed E-state index contributed by atoms with van der Waals surface area (Å²) < 4.78 is 0. The van der Waals surface area contributed by atoms with Crippen LogP contribution in [0.3, 0.4) is 0 Å². The largest absolute Gasteiger partial charge is 0.357 e. The number of aromatic nitrogens is 3. The third-order valence-corrected chi connectivity index (χ3v) is 2.46. The highest BCUT2D eigenvalue weighted by atomic mass is 15.0. The predicted octanol–water partition coefficient (Wildman–Crippen LogP) is 2.71. The van der Waals surface area contributed by atoms with E-state index in [2.05, 4.69) is 19.9 Å². The monoisotopic (exact) mass is 222 g/mol. The molecule has 0 unspecified atom stereocenters. The van der Waals surface area contributed by atoms with Crippen LogP contribution in [0.15, 0.2) is 53.9 Å². The summed E-state index contributed by atoms with van der Waals surface area (Å²) in [6.45, 7) is 0. The van der Waals surface area contributed by atoms with Gasteiger partial charge in [0.1, 0.15) is 11.8 Å². The van der Waals surface area contributed by atoms with Crippen LogP contribution in [0.5, 0.6) is 0 Å². The zero-order valence-electron chi connectivity index (χ0n) is 9.04. The maximum atomic E-state index is 4.37. The van der Waals surface area contributed by atoms with Gasteiger partial charge in [0, 0.05) is 12.4 Å². The van der Waals surface area contributed by atoms with Crippen molar-refractivity contribution >= 4 is 23.1 Å². The van der Waals surface area contributed by atoms with Crippen LogP contribution in [-0.2, 0) is 0 Å². The molecule has 0 saturated carbocycles. The van der Waals surface area contributed by atoms with E-state index < -0.39 is 0 Å². The highest BCUT2D eigenvalue weighted by Gasteiger charge is 2.01. The minimum atomic E-state index is 0.656. The molecule has 0 aliphatic heterocycles. The van der Waals surface area contributed by atoms with Crippen molar-refractivity contribution in [1.82, 2.24) is 15.0 Å². The lowest BCUT2D eigenvalue weighted by molar-refractivity contribution is 1.20. The Morgan fingerprint density at radius 2 is 1.94 bits per heavy atom. The summed E-state index contributed by atoms with van der Waals surface area (Å²) in [6.07, 6.45) is 5.15. The van der Waals surface area contributed by atoms with Gasteiger partial charge in [-0.1, -0.05) is 30.3 Å². The molecule has 3 aromatic rings. The Kier molecular flexibility index (Phi) is 2.38. The van der Waals surface area contributed by atoms with Gasteiger partial charge in [-0.2, -0.15) is 0 Å². The Labute approximate surface area is 98.1 Å². The van der Waals surface area contributed by atoms with E-state index in [0.717, 1.165) is 16.6 Å². The van der Waals surface area contributed by atoms with E-state index in [1.54, 1.807) is 6.21 Å². The molecule has 0 saturated heterocycles. The van der Waals surface area contributed by atoms with Gasteiger partial charge in [0.15, 0.2) is 5.82 Å². The van der Waals surface area contributed by atoms with Crippen LogP contribution in [0.25, 0.3) is 11.0 Å². The minimum absolute atomic E-state index is 0.656. The summed E-state index contributed by atoms with van der Waals surface area (Å²) >= 11 is 0. The van der Waals surface area contributed by atoms with Crippen LogP contribution in [0, 0.1) is 0 Å². The van der Waals surface area contributed by atoms with Crippen molar-refractivity contribution in [2.24, 2.45) is 4.99 Å². The normalized spacial score (nSPS) is 11.3. The van der Waals surface area contributed by atoms with E-state index in [1.165, 1.54) is 6.33 Å². The Bertz CT molecular complexity index is 655. The first-order valence-corrected chi connectivity index (χ1v) is 5.31. The molecular formula is C13H10N4. The van der Waals surface area contributed by atoms with Crippen LogP contribution in [-0.4, -0.2) is 21.2 Å². The molecular weight excluding hydrogens is 212 g/mol. The Balaban J connectivity index is 2.00. The lowest BCUT2D eigenvalue weighted by Gasteiger charge is -1.95. The van der Waals surface area contributed by atoms with Crippen LogP contribution >= 0.6 is 0 Å². The van der Waals surface area contributed by atoms with E-state index >= 15 is 0 Å². The lowest BCUT2D eigenvalue weighted by Crippen LogP contribution is -1.83. The molecule has 0 fully saturated rings. The van der Waals surface area contributed by atoms with E-state index in [1.807, 2.05) is 42.6 Å². The average Bonchev–Trinajstić information content (AvgIpc) is 2.86. The summed E-state index contributed by atoms with van der Waals surface area (Å²) in [5.41, 5.74) is 2.78. The number of hydrogen-bond acceptors (Lipinski definition) is 3. The third kappa shape index (κ3) is 1.92. The Morgan fingerprint density at radius 1 is 1.06 bits per heavy atom. The molecule has 4 nitrogen and oxygen atoms in total. The van der Waals surface area contributed by atoms with Gasteiger partial charge in [0.05, 0.1) is 5.52 Å². The van der Waals surface area contributed by atoms with Crippen molar-refractivity contribution in [2.75, 3.05) is 0 Å². The van der Waals surface area contributed by atoms with Crippen molar-refractivity contribution in [1.29, 1.82) is 0 Å². The molecule has 0 amide bonds. The van der Waals surface area contributed by atoms with Crippen molar-refractivity contribution in [3.05, 3.63) is 54.5 Å². The molecule has 0 atom stereocenters. The second-order valence-corrected chi connectivity index (χ2v) is 3.60. The summed E-state index contributed by atoms with van der Waals surface area (Å²) in [5, 5.41) is 0. The van der Waals surface area contributed by atoms with Crippen molar-refractivity contribution in [2.45, 2.75) is 0 Å². The average molecular weight is 222 g/mol. The van der Waals surface area contributed by atoms with E-state index in [4.69, 9.17) is 0 Å². The lowest BCUT2D eigenvalue weighted by atomic mass is 10.2. The van der Waals surface area contributed by atoms with Crippen LogP contribution in [0.4, 0.5) is 5.82 Å². The molecule has 0 bridgehead atoms. The molecule has 4 heteroatoms. The van der Waals surface area contributed by atoms with Gasteiger partial charge in [-0.05, 0) is 11.6 Å². The molecule has 1 N–H and O–H groups in total. The maximum Gasteiger partial charge on any atom is 0.179 e. The minimum Gasteiger partial charge on any atom is -0.357 e. The predicted molar refractivity (Wildman–Crippen MR) is 67.6 cm³/mol. The van der Waals surface area contributed by atoms with Crippen molar-refractivity contribution in [3.8, 4) is 0 Å². The third-order valence-electron chi connectivity index (χ3n) is 2.46. The van der Waals surface area contributed by atoms with Crippen molar-refractivity contribution in [3.63, 3.8) is 0 Å². The number of nitrogens with zero attached hydrogens (tertiary/aromatic N) is 3. The van der Waals surface area contributed by atoms with Gasteiger partial charge in [-0.15, -0.1) is 0 Å². The molecule has 2 heterocycles. The topological polar surface area (TPSA) is 53.9 Å². The van der Waals surface area contributed by atoms with Gasteiger partial charge in [0.25, 0.3) is 0 Å². The second-order valence-electron chi connectivity index (χ2n) is 3.60. The summed E-state index contributed by atoms with van der Waals surface area (Å²) in [4.78, 5) is 15.7. The van der Waals surface area contributed by atoms with Gasteiger partial charge in [-0.25, -0.2) is 15.0 Å². The standard InChI is InChI=1S/C13H10N4/c1-2-4-10(5-3-1)8-15-13-12-11(6-7-14-12)16-9-17-13/h1-9,14H. The quantitative estimate of drug-likeness (QED) is 0.678. The first kappa shape index (κ1) is 9.72. The number of aliphatic imine (C=N–C) groups is 1.